The van der Waals surface area contributed by atoms with E-state index in [9.17, 15) is 17.2 Å². The number of nitriles is 1. The third-order valence-corrected chi connectivity index (χ3v) is 3.02. The fourth-order valence-corrected chi connectivity index (χ4v) is 2.05. The molecular weight excluding hydrogens is 262 g/mol. The fourth-order valence-electron chi connectivity index (χ4n) is 1.09. The van der Waals surface area contributed by atoms with Crippen LogP contribution in [-0.2, 0) is 9.05 Å². The summed E-state index contributed by atoms with van der Waals surface area (Å²) in [6.45, 7) is 1.22. The van der Waals surface area contributed by atoms with Gasteiger partial charge in [-0.1, -0.05) is 0 Å². The van der Waals surface area contributed by atoms with Crippen LogP contribution in [0.4, 0.5) is 8.78 Å². The molecule has 0 fully saturated rings. The van der Waals surface area contributed by atoms with Gasteiger partial charge in [-0.05, 0) is 13.0 Å². The predicted molar refractivity (Wildman–Crippen MR) is 51.7 cm³/mol. The van der Waals surface area contributed by atoms with Crippen LogP contribution >= 0.6 is 10.7 Å². The van der Waals surface area contributed by atoms with Crippen molar-refractivity contribution in [3.63, 3.8) is 0 Å². The number of alkyl halides is 2. The summed E-state index contributed by atoms with van der Waals surface area (Å²) in [6.07, 6.45) is -2.83. The number of nitrogens with zero attached hydrogens (tertiary/aromatic N) is 2. The van der Waals surface area contributed by atoms with Gasteiger partial charge in [0.1, 0.15) is 6.07 Å². The largest absolute Gasteiger partial charge is 0.280 e. The number of rotatable bonds is 2. The third kappa shape index (κ3) is 2.46. The normalized spacial score (nSPS) is 11.5. The maximum Gasteiger partial charge on any atom is 0.280 e. The Balaban J connectivity index is 3.59. The summed E-state index contributed by atoms with van der Waals surface area (Å²) < 4.78 is 46.9. The van der Waals surface area contributed by atoms with Gasteiger partial charge in [0.25, 0.3) is 15.5 Å². The van der Waals surface area contributed by atoms with Gasteiger partial charge in [0.05, 0.1) is 5.56 Å². The van der Waals surface area contributed by atoms with E-state index in [1.165, 1.54) is 13.0 Å². The maximum atomic E-state index is 12.4. The zero-order valence-electron chi connectivity index (χ0n) is 7.91. The highest BCUT2D eigenvalue weighted by Crippen LogP contribution is 2.26. The molecule has 0 amide bonds. The molecule has 1 rings (SSSR count). The molecule has 0 unspecified atom stereocenters. The lowest BCUT2D eigenvalue weighted by Gasteiger charge is -2.06. The molecule has 4 nitrogen and oxygen atoms in total. The van der Waals surface area contributed by atoms with Crippen LogP contribution in [0.1, 0.15) is 23.2 Å². The molecule has 0 saturated heterocycles. The van der Waals surface area contributed by atoms with Crippen molar-refractivity contribution < 1.29 is 17.2 Å². The minimum absolute atomic E-state index is 0.173. The van der Waals surface area contributed by atoms with Crippen LogP contribution < -0.4 is 0 Å². The average Bonchev–Trinajstić information content (AvgIpc) is 2.15. The van der Waals surface area contributed by atoms with Gasteiger partial charge < -0.3 is 0 Å². The summed E-state index contributed by atoms with van der Waals surface area (Å²) in [5.41, 5.74) is -1.15. The van der Waals surface area contributed by atoms with E-state index in [0.29, 0.717) is 0 Å². The minimum atomic E-state index is -4.22. The molecule has 0 aromatic carbocycles. The molecule has 0 spiro atoms. The first-order chi connectivity index (χ1) is 7.27. The molecule has 0 N–H and O–H groups in total. The molecule has 0 radical (unpaired) electrons. The molecule has 0 aliphatic rings. The second kappa shape index (κ2) is 4.31. The van der Waals surface area contributed by atoms with E-state index in [0.717, 1.165) is 6.07 Å². The first-order valence-corrected chi connectivity index (χ1v) is 6.22. The highest BCUT2D eigenvalue weighted by Gasteiger charge is 2.22. The number of hydrogen-bond donors (Lipinski definition) is 0. The lowest BCUT2D eigenvalue weighted by atomic mass is 10.1. The molecule has 8 heteroatoms. The Hall–Kier alpha value is -1.26. The van der Waals surface area contributed by atoms with Crippen LogP contribution in [0.15, 0.2) is 11.1 Å². The molecule has 1 aromatic rings. The van der Waals surface area contributed by atoms with E-state index >= 15 is 0 Å². The lowest BCUT2D eigenvalue weighted by Crippen LogP contribution is -2.04. The van der Waals surface area contributed by atoms with Gasteiger partial charge in [0, 0.05) is 21.9 Å². The SMILES string of the molecule is Cc1nc(S(=O)(=O)Cl)c(C#N)cc1C(F)F. The number of hydrogen-bond acceptors (Lipinski definition) is 4. The Morgan fingerprint density at radius 1 is 1.56 bits per heavy atom. The number of aryl methyl sites for hydroxylation is 1. The van der Waals surface area contributed by atoms with Crippen molar-refractivity contribution in [2.75, 3.05) is 0 Å². The Morgan fingerprint density at radius 3 is 2.50 bits per heavy atom. The molecule has 0 saturated carbocycles. The summed E-state index contributed by atoms with van der Waals surface area (Å²) in [6, 6.07) is 2.25. The maximum absolute atomic E-state index is 12.4. The van der Waals surface area contributed by atoms with E-state index in [1.54, 1.807) is 0 Å². The van der Waals surface area contributed by atoms with Crippen molar-refractivity contribution in [1.82, 2.24) is 4.98 Å². The van der Waals surface area contributed by atoms with Crippen molar-refractivity contribution in [1.29, 1.82) is 5.26 Å². The Labute approximate surface area is 94.9 Å². The molecule has 0 aliphatic heterocycles. The second-order valence-electron chi connectivity index (χ2n) is 2.87. The number of aromatic nitrogens is 1. The predicted octanol–water partition coefficient (Wildman–Crippen LogP) is 2.13. The zero-order valence-corrected chi connectivity index (χ0v) is 9.48. The molecule has 0 atom stereocenters. The summed E-state index contributed by atoms with van der Waals surface area (Å²) in [7, 11) is 0.801. The smallest absolute Gasteiger partial charge is 0.239 e. The average molecular weight is 267 g/mol. The lowest BCUT2D eigenvalue weighted by molar-refractivity contribution is 0.150. The number of halogens is 3. The van der Waals surface area contributed by atoms with Crippen molar-refractivity contribution in [2.24, 2.45) is 0 Å². The zero-order chi connectivity index (χ0) is 12.5. The van der Waals surface area contributed by atoms with Crippen LogP contribution in [0.25, 0.3) is 0 Å². The molecule has 0 aliphatic carbocycles. The quantitative estimate of drug-likeness (QED) is 0.769. The number of pyridine rings is 1. The first-order valence-electron chi connectivity index (χ1n) is 3.92. The van der Waals surface area contributed by atoms with Gasteiger partial charge in [0.2, 0.25) is 0 Å². The van der Waals surface area contributed by atoms with E-state index in [-0.39, 0.29) is 5.69 Å². The van der Waals surface area contributed by atoms with E-state index in [4.69, 9.17) is 15.9 Å². The summed E-state index contributed by atoms with van der Waals surface area (Å²) in [4.78, 5) is 3.41. The van der Waals surface area contributed by atoms with Gasteiger partial charge in [-0.15, -0.1) is 0 Å². The molecule has 16 heavy (non-hydrogen) atoms. The van der Waals surface area contributed by atoms with Crippen molar-refractivity contribution in [2.45, 2.75) is 18.4 Å². The first kappa shape index (κ1) is 12.8. The van der Waals surface area contributed by atoms with Crippen LogP contribution in [0, 0.1) is 18.3 Å². The highest BCUT2D eigenvalue weighted by atomic mass is 35.7. The van der Waals surface area contributed by atoms with Crippen molar-refractivity contribution in [3.8, 4) is 6.07 Å². The Bertz CT molecular complexity index is 566. The van der Waals surface area contributed by atoms with E-state index in [2.05, 4.69) is 4.98 Å². The van der Waals surface area contributed by atoms with Crippen molar-refractivity contribution in [3.05, 3.63) is 22.9 Å². The molecular formula is C8H5ClF2N2O2S. The third-order valence-electron chi connectivity index (χ3n) is 1.80. The van der Waals surface area contributed by atoms with Crippen LogP contribution in [0.2, 0.25) is 0 Å². The Morgan fingerprint density at radius 2 is 2.12 bits per heavy atom. The van der Waals surface area contributed by atoms with Gasteiger partial charge >= 0.3 is 0 Å². The van der Waals surface area contributed by atoms with Crippen LogP contribution in [0.3, 0.4) is 0 Å². The monoisotopic (exact) mass is 266 g/mol. The molecule has 0 bridgehead atoms. The van der Waals surface area contributed by atoms with Gasteiger partial charge in [-0.2, -0.15) is 5.26 Å². The van der Waals surface area contributed by atoms with Crippen molar-refractivity contribution >= 4 is 19.7 Å². The standard InChI is InChI=1S/C8H5ClF2N2O2S/c1-4-6(7(10)11)2-5(3-12)8(13-4)16(9,14)15/h2,7H,1H3. The second-order valence-corrected chi connectivity index (χ2v) is 5.35. The van der Waals surface area contributed by atoms with Crippen LogP contribution in [-0.4, -0.2) is 13.4 Å². The highest BCUT2D eigenvalue weighted by molar-refractivity contribution is 8.13. The van der Waals surface area contributed by atoms with Gasteiger partial charge in [0.15, 0.2) is 5.03 Å². The fraction of sp³-hybridized carbons (Fsp3) is 0.250. The van der Waals surface area contributed by atoms with Crippen LogP contribution in [0.5, 0.6) is 0 Å². The summed E-state index contributed by atoms with van der Waals surface area (Å²) in [5, 5.41) is 7.93. The molecule has 1 aromatic heterocycles. The molecule has 86 valence electrons. The topological polar surface area (TPSA) is 70.8 Å². The summed E-state index contributed by atoms with van der Waals surface area (Å²) >= 11 is 0. The van der Waals surface area contributed by atoms with E-state index < -0.39 is 31.6 Å². The Kier molecular flexibility index (Phi) is 3.45. The molecule has 1 heterocycles. The van der Waals surface area contributed by atoms with E-state index in [1.807, 2.05) is 0 Å². The summed E-state index contributed by atoms with van der Waals surface area (Å²) in [5.74, 6) is 0. The minimum Gasteiger partial charge on any atom is -0.239 e. The van der Waals surface area contributed by atoms with Gasteiger partial charge in [-0.25, -0.2) is 22.2 Å². The van der Waals surface area contributed by atoms with Gasteiger partial charge in [-0.3, -0.25) is 0 Å².